The number of aromatic amines is 2. The van der Waals surface area contributed by atoms with Gasteiger partial charge < -0.3 is 45.2 Å². The molecule has 2 aromatic carbocycles. The van der Waals surface area contributed by atoms with E-state index in [2.05, 4.69) is 68.9 Å². The highest BCUT2D eigenvalue weighted by Crippen LogP contribution is 2.59. The maximum Gasteiger partial charge on any atom is 0.407 e. The lowest BCUT2D eigenvalue weighted by Gasteiger charge is -2.30. The van der Waals surface area contributed by atoms with E-state index < -0.39 is 24.3 Å². The first-order valence-corrected chi connectivity index (χ1v) is 24.8. The van der Waals surface area contributed by atoms with Gasteiger partial charge in [-0.3, -0.25) is 9.59 Å². The average Bonchev–Trinajstić information content (AvgIpc) is 4.20. The van der Waals surface area contributed by atoms with Crippen molar-refractivity contribution in [2.24, 2.45) is 17.8 Å². The van der Waals surface area contributed by atoms with Crippen LogP contribution in [0, 0.1) is 29.6 Å². The molecule has 5 N–H and O–H groups in total. The van der Waals surface area contributed by atoms with Crippen molar-refractivity contribution in [1.29, 1.82) is 0 Å². The van der Waals surface area contributed by atoms with Crippen LogP contribution in [0.5, 0.6) is 0 Å². The van der Waals surface area contributed by atoms with Gasteiger partial charge in [0.05, 0.1) is 44.4 Å². The number of H-pyrrole nitrogens is 2. The first-order chi connectivity index (χ1) is 32.8. The topological polar surface area (TPSA) is 187 Å². The summed E-state index contributed by atoms with van der Waals surface area (Å²) in [7, 11) is 2.61. The molecule has 4 aromatic rings. The lowest BCUT2D eigenvalue weighted by atomic mass is 9.80. The van der Waals surface area contributed by atoms with Gasteiger partial charge in [-0.2, -0.15) is 0 Å². The van der Waals surface area contributed by atoms with Gasteiger partial charge in [0.1, 0.15) is 29.4 Å². The highest BCUT2D eigenvalue weighted by molar-refractivity contribution is 5.87. The number of methoxy groups -OCH3 is 2. The number of carbonyl (C=O) groups is 4. The molecule has 68 heavy (non-hydrogen) atoms. The van der Waals surface area contributed by atoms with E-state index in [-0.39, 0.29) is 47.8 Å². The maximum atomic E-state index is 13.9. The summed E-state index contributed by atoms with van der Waals surface area (Å²) >= 11 is 0. The molecule has 6 heterocycles. The SMILES string of the molecule is COC(=O)NC(C(=O)N1CCCC1c1ncc(C#Cc2ccc(-c3ccc(-c4cnc(C5CCCN5C(=O)C(NC(=O)OC)C(C)C)[nH]4)c4c3C3CC(C)CC4N3)c3c2C2CCC3C2)[nH]1)C(C)C. The Labute approximate surface area is 398 Å². The molecule has 15 heteroatoms. The molecule has 6 aliphatic rings. The number of aromatic nitrogens is 4. The van der Waals surface area contributed by atoms with Crippen molar-refractivity contribution in [2.75, 3.05) is 27.3 Å². The predicted octanol–water partition coefficient (Wildman–Crippen LogP) is 8.43. The van der Waals surface area contributed by atoms with Crippen LogP contribution in [-0.2, 0) is 19.1 Å². The number of piperidine rings is 1. The molecule has 3 saturated heterocycles. The number of rotatable bonds is 10. The Morgan fingerprint density at radius 3 is 1.79 bits per heavy atom. The Kier molecular flexibility index (Phi) is 12.3. The highest BCUT2D eigenvalue weighted by Gasteiger charge is 2.45. The molecule has 2 aromatic heterocycles. The standard InChI is InChI=1S/C53H65N9O6/c1-27(2)46(59-52(65)67-6)50(63)61-20-8-10-40(61)48-54-25-33(56-48)16-14-30-15-17-34(43-32-13-12-31(24-32)42(30)43)35-18-19-36(45-38-23-29(5)22-37(57-38)44(35)45)39-26-55-49(58-39)41-11-9-21-62(41)51(64)47(28(3)4)60-53(66)68-7/h15,17-19,25-29,31-32,37-38,40-41,46-47,57H,8-13,20-24H2,1-7H3,(H,54,56)(H,55,58)(H,59,65)(H,60,66). The number of fused-ring (bicyclic) bond motifs is 10. The van der Waals surface area contributed by atoms with Gasteiger partial charge in [0.15, 0.2) is 0 Å². The second kappa shape index (κ2) is 18.4. The van der Waals surface area contributed by atoms with Crippen molar-refractivity contribution in [3.63, 3.8) is 0 Å². The number of benzene rings is 2. The summed E-state index contributed by atoms with van der Waals surface area (Å²) in [4.78, 5) is 72.5. The molecule has 4 amide bonds. The lowest BCUT2D eigenvalue weighted by Crippen LogP contribution is -2.51. The molecule has 4 bridgehead atoms. The Morgan fingerprint density at radius 2 is 1.19 bits per heavy atom. The van der Waals surface area contributed by atoms with Gasteiger partial charge in [-0.25, -0.2) is 19.6 Å². The van der Waals surface area contributed by atoms with Crippen LogP contribution >= 0.6 is 0 Å². The third-order valence-corrected chi connectivity index (χ3v) is 15.8. The summed E-state index contributed by atoms with van der Waals surface area (Å²) in [5, 5.41) is 9.52. The van der Waals surface area contributed by atoms with Gasteiger partial charge >= 0.3 is 12.2 Å². The van der Waals surface area contributed by atoms with Crippen LogP contribution in [0.1, 0.15) is 174 Å². The first kappa shape index (κ1) is 45.6. The first-order valence-electron chi connectivity index (χ1n) is 24.8. The zero-order valence-electron chi connectivity index (χ0n) is 40.3. The molecule has 0 radical (unpaired) electrons. The quantitative estimate of drug-likeness (QED) is 0.0974. The van der Waals surface area contributed by atoms with E-state index >= 15 is 0 Å². The van der Waals surface area contributed by atoms with Crippen molar-refractivity contribution < 1.29 is 28.7 Å². The van der Waals surface area contributed by atoms with E-state index in [0.717, 1.165) is 67.6 Å². The third kappa shape index (κ3) is 8.12. The van der Waals surface area contributed by atoms with Gasteiger partial charge in [0.25, 0.3) is 0 Å². The number of nitrogens with zero attached hydrogens (tertiary/aromatic N) is 4. The zero-order chi connectivity index (χ0) is 47.5. The molecule has 15 nitrogen and oxygen atoms in total. The maximum absolute atomic E-state index is 13.9. The number of hydrogen-bond donors (Lipinski definition) is 5. The number of likely N-dealkylation sites (tertiary alicyclic amines) is 2. The van der Waals surface area contributed by atoms with Crippen LogP contribution in [-0.4, -0.2) is 93.1 Å². The average molecular weight is 924 g/mol. The van der Waals surface area contributed by atoms with Crippen LogP contribution < -0.4 is 16.0 Å². The minimum Gasteiger partial charge on any atom is -0.453 e. The molecule has 10 rings (SSSR count). The Hall–Kier alpha value is -6.14. The predicted molar refractivity (Wildman–Crippen MR) is 256 cm³/mol. The molecule has 9 atom stereocenters. The van der Waals surface area contributed by atoms with Crippen molar-refractivity contribution >= 4 is 24.0 Å². The summed E-state index contributed by atoms with van der Waals surface area (Å²) in [5.74, 6) is 9.52. The summed E-state index contributed by atoms with van der Waals surface area (Å²) < 4.78 is 9.66. The summed E-state index contributed by atoms with van der Waals surface area (Å²) in [6.45, 7) is 11.2. The summed E-state index contributed by atoms with van der Waals surface area (Å²) in [6.07, 6.45) is 11.4. The van der Waals surface area contributed by atoms with Gasteiger partial charge in [0.2, 0.25) is 11.8 Å². The number of alkyl carbamates (subject to hydrolysis) is 2. The van der Waals surface area contributed by atoms with Crippen LogP contribution in [0.3, 0.4) is 0 Å². The zero-order valence-corrected chi connectivity index (χ0v) is 40.3. The fraction of sp³-hybridized carbons (Fsp3) is 0.547. The fourth-order valence-corrected chi connectivity index (χ4v) is 12.6. The van der Waals surface area contributed by atoms with Gasteiger partial charge in [-0.05, 0) is 133 Å². The van der Waals surface area contributed by atoms with E-state index in [9.17, 15) is 19.2 Å². The van der Waals surface area contributed by atoms with Crippen molar-refractivity contribution in [2.45, 2.75) is 140 Å². The Bertz CT molecular complexity index is 2690. The molecule has 1 saturated carbocycles. The lowest BCUT2D eigenvalue weighted by molar-refractivity contribution is -0.136. The Morgan fingerprint density at radius 1 is 0.662 bits per heavy atom. The highest BCUT2D eigenvalue weighted by atomic mass is 16.5. The van der Waals surface area contributed by atoms with E-state index in [1.54, 1.807) is 6.20 Å². The molecule has 0 spiro atoms. The number of imidazole rings is 2. The molecule has 4 aliphatic heterocycles. The summed E-state index contributed by atoms with van der Waals surface area (Å²) in [6, 6.07) is 7.79. The number of hydrogen-bond acceptors (Lipinski definition) is 9. The second-order valence-electron chi connectivity index (χ2n) is 20.7. The van der Waals surface area contributed by atoms with E-state index in [1.165, 1.54) is 60.4 Å². The number of carbonyl (C=O) groups excluding carboxylic acids is 4. The van der Waals surface area contributed by atoms with Crippen molar-refractivity contribution in [3.8, 4) is 34.2 Å². The van der Waals surface area contributed by atoms with Crippen LogP contribution in [0.15, 0.2) is 36.7 Å². The van der Waals surface area contributed by atoms with E-state index in [1.807, 2.05) is 43.7 Å². The van der Waals surface area contributed by atoms with Gasteiger partial charge in [-0.15, -0.1) is 0 Å². The molecule has 9 unspecified atom stereocenters. The second-order valence-corrected chi connectivity index (χ2v) is 20.7. The minimum atomic E-state index is -0.697. The largest absolute Gasteiger partial charge is 0.453 e. The van der Waals surface area contributed by atoms with E-state index in [0.29, 0.717) is 42.4 Å². The van der Waals surface area contributed by atoms with Crippen LogP contribution in [0.4, 0.5) is 9.59 Å². The Balaban J connectivity index is 0.947. The minimum absolute atomic E-state index is 0.111. The smallest absolute Gasteiger partial charge is 0.407 e. The van der Waals surface area contributed by atoms with Crippen molar-refractivity contribution in [3.05, 3.63) is 81.8 Å². The molecular weight excluding hydrogens is 859 g/mol. The third-order valence-electron chi connectivity index (χ3n) is 15.8. The number of ether oxygens (including phenoxy) is 2. The summed E-state index contributed by atoms with van der Waals surface area (Å²) in [5.41, 5.74) is 12.1. The molecular formula is C53H65N9O6. The molecule has 2 aliphatic carbocycles. The van der Waals surface area contributed by atoms with Crippen LogP contribution in [0.2, 0.25) is 0 Å². The number of nitrogens with one attached hydrogen (secondary N) is 5. The normalized spacial score (nSPS) is 25.2. The van der Waals surface area contributed by atoms with Gasteiger partial charge in [-0.1, -0.05) is 58.7 Å². The number of amides is 4. The molecule has 4 fully saturated rings. The monoisotopic (exact) mass is 924 g/mol. The van der Waals surface area contributed by atoms with Crippen molar-refractivity contribution in [1.82, 2.24) is 45.7 Å². The molecule has 358 valence electrons. The van der Waals surface area contributed by atoms with E-state index in [4.69, 9.17) is 19.4 Å². The fourth-order valence-electron chi connectivity index (χ4n) is 12.6. The van der Waals surface area contributed by atoms with Gasteiger partial charge in [0, 0.05) is 36.3 Å². The van der Waals surface area contributed by atoms with Crippen LogP contribution in [0.25, 0.3) is 22.4 Å².